The SMILES string of the molecule is C.CCOP(=O)(CCl)OCC.CCOP(=O)(CN1CCN(Cc2ccc(C(=O)O)cc2)CC1)OCC.O=C(O)c1ccc(CN2CCNCC2)cc1. The van der Waals surface area contributed by atoms with Crippen molar-refractivity contribution in [2.45, 2.75) is 48.2 Å². The van der Waals surface area contributed by atoms with Crippen molar-refractivity contribution in [1.29, 1.82) is 0 Å². The van der Waals surface area contributed by atoms with Gasteiger partial charge in [0.25, 0.3) is 0 Å². The molecule has 2 fully saturated rings. The lowest BCUT2D eigenvalue weighted by Crippen LogP contribution is -2.46. The molecule has 0 bridgehead atoms. The maximum Gasteiger partial charge on any atom is 0.345 e. The van der Waals surface area contributed by atoms with Crippen molar-refractivity contribution < 1.29 is 47.0 Å². The zero-order valence-corrected chi connectivity index (χ0v) is 32.8. The molecule has 4 rings (SSSR count). The molecular weight excluding hydrogens is 734 g/mol. The number of rotatable bonds is 17. The minimum Gasteiger partial charge on any atom is -0.478 e. The first-order valence-electron chi connectivity index (χ1n) is 17.2. The van der Waals surface area contributed by atoms with E-state index in [-0.39, 0.29) is 13.0 Å². The third-order valence-electron chi connectivity index (χ3n) is 7.71. The van der Waals surface area contributed by atoms with Gasteiger partial charge in [-0.15, -0.1) is 11.6 Å². The Morgan fingerprint density at radius 1 is 0.635 bits per heavy atom. The highest BCUT2D eigenvalue weighted by atomic mass is 35.5. The monoisotopic (exact) mass is 792 g/mol. The van der Waals surface area contributed by atoms with Crippen LogP contribution in [0.4, 0.5) is 0 Å². The van der Waals surface area contributed by atoms with Gasteiger partial charge in [-0.05, 0) is 63.1 Å². The number of carboxylic acids is 2. The summed E-state index contributed by atoms with van der Waals surface area (Å²) in [5.41, 5.74) is 2.84. The fourth-order valence-electron chi connectivity index (χ4n) is 5.24. The molecule has 2 aromatic carbocycles. The average Bonchev–Trinajstić information content (AvgIpc) is 3.11. The predicted molar refractivity (Wildman–Crippen MR) is 206 cm³/mol. The van der Waals surface area contributed by atoms with Crippen molar-refractivity contribution in [3.05, 3.63) is 70.8 Å². The summed E-state index contributed by atoms with van der Waals surface area (Å²) >= 11 is 5.35. The van der Waals surface area contributed by atoms with Crippen LogP contribution in [-0.2, 0) is 40.3 Å². The molecule has 3 N–H and O–H groups in total. The maximum absolute atomic E-state index is 12.6. The van der Waals surface area contributed by atoms with Gasteiger partial charge in [0.2, 0.25) is 0 Å². The second-order valence-corrected chi connectivity index (χ2v) is 16.3. The van der Waals surface area contributed by atoms with E-state index in [9.17, 15) is 18.7 Å². The molecule has 14 nitrogen and oxygen atoms in total. The Bertz CT molecular complexity index is 1370. The van der Waals surface area contributed by atoms with Gasteiger partial charge in [-0.2, -0.15) is 0 Å². The molecule has 2 aliphatic heterocycles. The fourth-order valence-corrected chi connectivity index (χ4v) is 8.45. The quantitative estimate of drug-likeness (QED) is 0.116. The molecule has 0 aliphatic carbocycles. The van der Waals surface area contributed by atoms with Crippen LogP contribution in [0, 0.1) is 0 Å². The number of alkyl halides is 1. The van der Waals surface area contributed by atoms with E-state index < -0.39 is 27.1 Å². The van der Waals surface area contributed by atoms with Crippen LogP contribution < -0.4 is 5.32 Å². The largest absolute Gasteiger partial charge is 0.478 e. The molecule has 0 aromatic heterocycles. The van der Waals surface area contributed by atoms with Gasteiger partial charge < -0.3 is 33.6 Å². The fraction of sp³-hybridized carbons (Fsp3) is 0.600. The van der Waals surface area contributed by atoms with Crippen LogP contribution in [0.25, 0.3) is 0 Å². The Labute approximate surface area is 314 Å². The summed E-state index contributed by atoms with van der Waals surface area (Å²) in [6.07, 6.45) is 0.329. The summed E-state index contributed by atoms with van der Waals surface area (Å²) in [5, 5.41) is 21.0. The third-order valence-corrected chi connectivity index (χ3v) is 12.2. The van der Waals surface area contributed by atoms with E-state index >= 15 is 0 Å². The third kappa shape index (κ3) is 18.2. The Hall–Kier alpha value is -2.19. The van der Waals surface area contributed by atoms with Crippen LogP contribution in [0.15, 0.2) is 48.5 Å². The van der Waals surface area contributed by atoms with E-state index in [0.29, 0.717) is 43.8 Å². The molecule has 0 radical (unpaired) electrons. The van der Waals surface area contributed by atoms with Gasteiger partial charge in [0.05, 0.1) is 37.6 Å². The summed E-state index contributed by atoms with van der Waals surface area (Å²) < 4.78 is 44.2. The van der Waals surface area contributed by atoms with Gasteiger partial charge >= 0.3 is 27.1 Å². The number of hydrogen-bond donors (Lipinski definition) is 3. The zero-order valence-electron chi connectivity index (χ0n) is 30.2. The van der Waals surface area contributed by atoms with Crippen LogP contribution in [-0.4, -0.2) is 128 Å². The maximum atomic E-state index is 12.6. The summed E-state index contributed by atoms with van der Waals surface area (Å²) in [4.78, 5) is 28.4. The molecule has 2 aromatic rings. The number of aromatic carboxylic acids is 2. The van der Waals surface area contributed by atoms with Crippen LogP contribution in [0.5, 0.6) is 0 Å². The standard InChI is InChI=1S/C17H27N2O5P.C12H16N2O2.C5H12ClO3P.CH4/c1-3-23-25(22,24-4-2)14-19-11-9-18(10-12-19)13-15-5-7-16(8-6-15)17(20)21;15-12(16)11-3-1-10(2-4-11)9-14-7-5-13-6-8-14;1-3-8-10(7,5-6)9-4-2;/h5-8H,3-4,9-14H2,1-2H3,(H,20,21);1-4,13H,5-9H2,(H,15,16);3-5H2,1-2H3;1H4. The predicted octanol–water partition coefficient (Wildman–Crippen LogP) is 6.60. The lowest BCUT2D eigenvalue weighted by atomic mass is 10.1. The number of piperazine rings is 2. The molecular formula is C35H59ClN4O10P2. The Morgan fingerprint density at radius 3 is 1.33 bits per heavy atom. The normalized spacial score (nSPS) is 15.7. The van der Waals surface area contributed by atoms with Crippen LogP contribution >= 0.6 is 26.8 Å². The molecule has 17 heteroatoms. The Balaban J connectivity index is 0.000000429. The van der Waals surface area contributed by atoms with Crippen LogP contribution in [0.3, 0.4) is 0 Å². The highest BCUT2D eigenvalue weighted by Crippen LogP contribution is 2.49. The van der Waals surface area contributed by atoms with E-state index in [1.165, 1.54) is 5.56 Å². The molecule has 296 valence electrons. The van der Waals surface area contributed by atoms with Gasteiger partial charge in [-0.1, -0.05) is 31.7 Å². The highest BCUT2D eigenvalue weighted by molar-refractivity contribution is 7.55. The van der Waals surface area contributed by atoms with Crippen molar-refractivity contribution in [2.24, 2.45) is 0 Å². The molecule has 0 saturated carbocycles. The number of carbonyl (C=O) groups is 2. The summed E-state index contributed by atoms with van der Waals surface area (Å²) in [5.74, 6) is -1.78. The first-order valence-corrected chi connectivity index (χ1v) is 21.2. The molecule has 0 atom stereocenters. The first kappa shape index (κ1) is 47.8. The number of nitrogens with zero attached hydrogens (tertiary/aromatic N) is 3. The Kier molecular flexibility index (Phi) is 23.7. The minimum atomic E-state index is -3.04. The van der Waals surface area contributed by atoms with Gasteiger partial charge in [0.1, 0.15) is 11.9 Å². The Morgan fingerprint density at radius 2 is 0.981 bits per heavy atom. The van der Waals surface area contributed by atoms with Crippen molar-refractivity contribution in [2.75, 3.05) is 90.7 Å². The van der Waals surface area contributed by atoms with Gasteiger partial charge in [0.15, 0.2) is 0 Å². The van der Waals surface area contributed by atoms with Gasteiger partial charge in [-0.3, -0.25) is 23.8 Å². The van der Waals surface area contributed by atoms with Gasteiger partial charge in [-0.25, -0.2) is 9.59 Å². The van der Waals surface area contributed by atoms with Crippen molar-refractivity contribution in [3.8, 4) is 0 Å². The van der Waals surface area contributed by atoms with E-state index in [0.717, 1.165) is 71.0 Å². The number of halogens is 1. The van der Waals surface area contributed by atoms with Gasteiger partial charge in [0, 0.05) is 65.4 Å². The molecule has 2 heterocycles. The second kappa shape index (κ2) is 25.8. The number of nitrogens with one attached hydrogen (secondary N) is 1. The van der Waals surface area contributed by atoms with E-state index in [1.54, 1.807) is 38.1 Å². The van der Waals surface area contributed by atoms with Crippen molar-refractivity contribution in [3.63, 3.8) is 0 Å². The highest BCUT2D eigenvalue weighted by Gasteiger charge is 2.29. The summed E-state index contributed by atoms with van der Waals surface area (Å²) in [7, 11) is -5.97. The first-order chi connectivity index (χ1) is 24.4. The van der Waals surface area contributed by atoms with E-state index in [2.05, 4.69) is 20.0 Å². The summed E-state index contributed by atoms with van der Waals surface area (Å²) in [6.45, 7) is 17.8. The van der Waals surface area contributed by atoms with Crippen LogP contribution in [0.2, 0.25) is 0 Å². The smallest absolute Gasteiger partial charge is 0.345 e. The van der Waals surface area contributed by atoms with E-state index in [1.807, 2.05) is 38.1 Å². The molecule has 52 heavy (non-hydrogen) atoms. The molecule has 0 unspecified atom stereocenters. The minimum absolute atomic E-state index is 0. The van der Waals surface area contributed by atoms with Crippen LogP contribution in [0.1, 0.15) is 67.0 Å². The van der Waals surface area contributed by atoms with Crippen molar-refractivity contribution in [1.82, 2.24) is 20.0 Å². The molecule has 0 spiro atoms. The van der Waals surface area contributed by atoms with Crippen molar-refractivity contribution >= 4 is 38.7 Å². The zero-order chi connectivity index (χ0) is 37.7. The second-order valence-electron chi connectivity index (χ2n) is 11.6. The topological polar surface area (TPSA) is 167 Å². The molecule has 2 aliphatic rings. The molecule has 2 saturated heterocycles. The molecule has 0 amide bonds. The lowest BCUT2D eigenvalue weighted by molar-refractivity contribution is 0.0686. The van der Waals surface area contributed by atoms with E-state index in [4.69, 9.17) is 39.9 Å². The number of carboxylic acid groups (broad SMARTS) is 2. The lowest BCUT2D eigenvalue weighted by Gasteiger charge is -2.35. The number of hydrogen-bond acceptors (Lipinski definition) is 12. The summed E-state index contributed by atoms with van der Waals surface area (Å²) in [6, 6.07) is 14.1. The average molecular weight is 793 g/mol. The number of benzene rings is 2.